The Hall–Kier alpha value is -3.45. The summed E-state index contributed by atoms with van der Waals surface area (Å²) in [6, 6.07) is 10.8. The highest BCUT2D eigenvalue weighted by Crippen LogP contribution is 2.35. The van der Waals surface area contributed by atoms with E-state index in [1.165, 1.54) is 13.0 Å². The summed E-state index contributed by atoms with van der Waals surface area (Å²) in [5, 5.41) is 3.42. The molecule has 1 atom stereocenters. The fraction of sp³-hybridized carbons (Fsp3) is 0.333. The molecule has 1 aliphatic rings. The van der Waals surface area contributed by atoms with Gasteiger partial charge in [-0.25, -0.2) is 4.98 Å². The Bertz CT molecular complexity index is 1310. The number of likely N-dealkylation sites (tertiary alicyclic amines) is 1. The molecule has 0 radical (unpaired) electrons. The van der Waals surface area contributed by atoms with E-state index in [0.29, 0.717) is 40.7 Å². The Morgan fingerprint density at radius 3 is 2.74 bits per heavy atom. The van der Waals surface area contributed by atoms with Gasteiger partial charge in [0.1, 0.15) is 5.78 Å². The summed E-state index contributed by atoms with van der Waals surface area (Å²) >= 11 is 6.74. The van der Waals surface area contributed by atoms with Gasteiger partial charge in [0.25, 0.3) is 5.91 Å². The third-order valence-corrected chi connectivity index (χ3v) is 6.54. The van der Waals surface area contributed by atoms with Crippen LogP contribution >= 0.6 is 11.6 Å². The van der Waals surface area contributed by atoms with Crippen molar-refractivity contribution in [2.24, 2.45) is 0 Å². The number of carbonyl (C=O) groups is 3. The number of carbonyl (C=O) groups excluding carboxylic acids is 3. The molecular weight excluding hydrogens is 464 g/mol. The summed E-state index contributed by atoms with van der Waals surface area (Å²) in [5.41, 5.74) is 3.54. The van der Waals surface area contributed by atoms with E-state index in [1.807, 2.05) is 35.8 Å². The van der Waals surface area contributed by atoms with Crippen LogP contribution in [0.1, 0.15) is 53.7 Å². The number of nitrogens with zero attached hydrogens (tertiary/aromatic N) is 3. The minimum Gasteiger partial charge on any atom is -0.337 e. The lowest BCUT2D eigenvalue weighted by atomic mass is 10.1. The number of fused-ring (bicyclic) bond motifs is 1. The van der Waals surface area contributed by atoms with Crippen molar-refractivity contribution in [1.82, 2.24) is 14.5 Å². The number of aryl methyl sites for hydroxylation is 1. The van der Waals surface area contributed by atoms with Crippen molar-refractivity contribution in [3.63, 3.8) is 0 Å². The van der Waals surface area contributed by atoms with E-state index >= 15 is 0 Å². The molecule has 2 heterocycles. The highest BCUT2D eigenvalue weighted by Gasteiger charge is 2.28. The van der Waals surface area contributed by atoms with Gasteiger partial charge in [0.15, 0.2) is 0 Å². The monoisotopic (exact) mass is 492 g/mol. The van der Waals surface area contributed by atoms with Crippen molar-refractivity contribution in [1.29, 1.82) is 0 Å². The van der Waals surface area contributed by atoms with Crippen molar-refractivity contribution in [3.8, 4) is 0 Å². The first-order chi connectivity index (χ1) is 16.8. The molecule has 1 aliphatic heterocycles. The lowest BCUT2D eigenvalue weighted by Gasteiger charge is -2.26. The van der Waals surface area contributed by atoms with Crippen molar-refractivity contribution in [3.05, 3.63) is 70.8 Å². The topological polar surface area (TPSA) is 84.3 Å². The van der Waals surface area contributed by atoms with Crippen LogP contribution < -0.4 is 5.32 Å². The molecule has 7 nitrogen and oxygen atoms in total. The van der Waals surface area contributed by atoms with Crippen LogP contribution in [0.15, 0.2) is 49.1 Å². The average molecular weight is 493 g/mol. The summed E-state index contributed by atoms with van der Waals surface area (Å²) in [7, 11) is 0. The van der Waals surface area contributed by atoms with Crippen LogP contribution in [0.3, 0.4) is 0 Å². The standard InChI is InChI=1S/C27H29ClN4O3/c1-4-24(34)31-11-6-5-10-21(16-31)32-25-22(28)14-19(13-18(3)33)15-23(25)29-27(32)30-26(35)20-9-7-8-17(2)12-20/h4,7-9,12,14-15,21H,1,5-6,10-11,13,16H2,2-3H3,(H,29,30,35). The molecule has 1 fully saturated rings. The maximum atomic E-state index is 13.1. The second-order valence-electron chi connectivity index (χ2n) is 9.09. The number of benzene rings is 2. The van der Waals surface area contributed by atoms with Crippen LogP contribution in [0.4, 0.5) is 5.95 Å². The summed E-state index contributed by atoms with van der Waals surface area (Å²) in [6.45, 7) is 8.19. The minimum atomic E-state index is -0.280. The molecule has 0 aliphatic carbocycles. The molecule has 35 heavy (non-hydrogen) atoms. The minimum absolute atomic E-state index is 0.0233. The number of ketones is 1. The zero-order valence-electron chi connectivity index (χ0n) is 20.0. The molecule has 0 saturated carbocycles. The Kier molecular flexibility index (Phi) is 7.36. The van der Waals surface area contributed by atoms with E-state index in [9.17, 15) is 14.4 Å². The summed E-state index contributed by atoms with van der Waals surface area (Å²) in [4.78, 5) is 43.8. The molecule has 3 aromatic rings. The van der Waals surface area contributed by atoms with Gasteiger partial charge in [-0.05, 0) is 69.0 Å². The van der Waals surface area contributed by atoms with E-state index < -0.39 is 0 Å². The first-order valence-electron chi connectivity index (χ1n) is 11.8. The number of amides is 2. The lowest BCUT2D eigenvalue weighted by molar-refractivity contribution is -0.126. The SMILES string of the molecule is C=CC(=O)N1CCCCC(n2c(NC(=O)c3cccc(C)c3)nc3cc(CC(C)=O)cc(Cl)c32)C1. The third kappa shape index (κ3) is 5.46. The average Bonchev–Trinajstić information content (AvgIpc) is 2.99. The van der Waals surface area contributed by atoms with E-state index in [4.69, 9.17) is 16.6 Å². The number of aromatic nitrogens is 2. The second-order valence-corrected chi connectivity index (χ2v) is 9.50. The van der Waals surface area contributed by atoms with Gasteiger partial charge in [-0.1, -0.05) is 35.9 Å². The van der Waals surface area contributed by atoms with Crippen LogP contribution in [-0.4, -0.2) is 45.1 Å². The van der Waals surface area contributed by atoms with Crippen molar-refractivity contribution >= 4 is 46.2 Å². The van der Waals surface area contributed by atoms with E-state index in [2.05, 4.69) is 11.9 Å². The van der Waals surface area contributed by atoms with Crippen LogP contribution in [0.2, 0.25) is 5.02 Å². The summed E-state index contributed by atoms with van der Waals surface area (Å²) in [5.74, 6) is -0.0130. The van der Waals surface area contributed by atoms with E-state index in [0.717, 1.165) is 30.4 Å². The van der Waals surface area contributed by atoms with Crippen LogP contribution in [0.25, 0.3) is 11.0 Å². The van der Waals surface area contributed by atoms with Crippen LogP contribution in [0.5, 0.6) is 0 Å². The molecule has 1 unspecified atom stereocenters. The number of Topliss-reactive ketones (excluding diaryl/α,β-unsaturated/α-hetero) is 1. The molecule has 8 heteroatoms. The Morgan fingerprint density at radius 2 is 2.03 bits per heavy atom. The van der Waals surface area contributed by atoms with Gasteiger partial charge < -0.3 is 9.47 Å². The first kappa shape index (κ1) is 24.7. The van der Waals surface area contributed by atoms with Gasteiger partial charge in [-0.15, -0.1) is 0 Å². The molecule has 1 N–H and O–H groups in total. The van der Waals surface area contributed by atoms with Gasteiger partial charge in [-0.2, -0.15) is 0 Å². The third-order valence-electron chi connectivity index (χ3n) is 6.26. The Morgan fingerprint density at radius 1 is 1.23 bits per heavy atom. The highest BCUT2D eigenvalue weighted by molar-refractivity contribution is 6.35. The largest absolute Gasteiger partial charge is 0.337 e. The molecule has 0 bridgehead atoms. The molecule has 1 saturated heterocycles. The summed E-state index contributed by atoms with van der Waals surface area (Å²) in [6.07, 6.45) is 4.17. The van der Waals surface area contributed by atoms with Crippen LogP contribution in [0, 0.1) is 6.92 Å². The second kappa shape index (κ2) is 10.4. The maximum Gasteiger partial charge on any atom is 0.257 e. The van der Waals surface area contributed by atoms with Gasteiger partial charge in [0.2, 0.25) is 11.9 Å². The number of nitrogens with one attached hydrogen (secondary N) is 1. The number of hydrogen-bond acceptors (Lipinski definition) is 4. The smallest absolute Gasteiger partial charge is 0.257 e. The lowest BCUT2D eigenvalue weighted by Crippen LogP contribution is -2.34. The van der Waals surface area contributed by atoms with Gasteiger partial charge >= 0.3 is 0 Å². The molecule has 4 rings (SSSR count). The first-order valence-corrected chi connectivity index (χ1v) is 12.1. The fourth-order valence-corrected chi connectivity index (χ4v) is 5.02. The fourth-order valence-electron chi connectivity index (χ4n) is 4.69. The Balaban J connectivity index is 1.82. The molecule has 2 amide bonds. The molecular formula is C27H29ClN4O3. The van der Waals surface area contributed by atoms with Crippen LogP contribution in [-0.2, 0) is 16.0 Å². The van der Waals surface area contributed by atoms with Gasteiger partial charge in [0, 0.05) is 25.1 Å². The van der Waals surface area contributed by atoms with Crippen molar-refractivity contribution < 1.29 is 14.4 Å². The van der Waals surface area contributed by atoms with Crippen molar-refractivity contribution in [2.75, 3.05) is 18.4 Å². The molecule has 2 aromatic carbocycles. The zero-order chi connectivity index (χ0) is 25.1. The maximum absolute atomic E-state index is 13.1. The number of imidazole rings is 1. The molecule has 1 aromatic heterocycles. The Labute approximate surface area is 209 Å². The number of rotatable bonds is 6. The predicted molar refractivity (Wildman–Crippen MR) is 138 cm³/mol. The normalized spacial score (nSPS) is 16.1. The predicted octanol–water partition coefficient (Wildman–Crippen LogP) is 5.12. The number of anilines is 1. The van der Waals surface area contributed by atoms with E-state index in [1.54, 1.807) is 17.0 Å². The van der Waals surface area contributed by atoms with E-state index in [-0.39, 0.29) is 30.1 Å². The highest BCUT2D eigenvalue weighted by atomic mass is 35.5. The number of halogens is 1. The quantitative estimate of drug-likeness (QED) is 0.484. The summed E-state index contributed by atoms with van der Waals surface area (Å²) < 4.78 is 1.94. The number of hydrogen-bond donors (Lipinski definition) is 1. The molecule has 0 spiro atoms. The van der Waals surface area contributed by atoms with Gasteiger partial charge in [-0.3, -0.25) is 19.7 Å². The van der Waals surface area contributed by atoms with Gasteiger partial charge in [0.05, 0.1) is 22.1 Å². The molecule has 182 valence electrons. The zero-order valence-corrected chi connectivity index (χ0v) is 20.8. The van der Waals surface area contributed by atoms with Crippen molar-refractivity contribution in [2.45, 2.75) is 45.6 Å².